The molecule has 0 saturated heterocycles. The summed E-state index contributed by atoms with van der Waals surface area (Å²) >= 11 is 1.32. The second-order valence-electron chi connectivity index (χ2n) is 5.98. The molecule has 1 heterocycles. The van der Waals surface area contributed by atoms with Gasteiger partial charge in [-0.3, -0.25) is 14.8 Å². The minimum Gasteiger partial charge on any atom is -0.348 e. The molecule has 0 radical (unpaired) electrons. The monoisotopic (exact) mass is 324 g/mol. The third-order valence-corrected chi connectivity index (χ3v) is 5.63. The average Bonchev–Trinajstić information content (AvgIpc) is 3.13. The summed E-state index contributed by atoms with van der Waals surface area (Å²) in [6, 6.07) is 1.84. The van der Waals surface area contributed by atoms with E-state index in [-0.39, 0.29) is 11.9 Å². The first-order valence-electron chi connectivity index (χ1n) is 7.89. The molecule has 0 aliphatic heterocycles. The Bertz CT molecular complexity index is 535. The van der Waals surface area contributed by atoms with Gasteiger partial charge >= 0.3 is 0 Å². The van der Waals surface area contributed by atoms with E-state index >= 15 is 0 Å². The van der Waals surface area contributed by atoms with Crippen LogP contribution in [-0.4, -0.2) is 17.0 Å². The summed E-state index contributed by atoms with van der Waals surface area (Å²) in [4.78, 5) is 25.2. The lowest BCUT2D eigenvalue weighted by Gasteiger charge is -2.17. The molecule has 2 amide bonds. The number of hydrogen-bond donors (Lipinski definition) is 3. The topological polar surface area (TPSA) is 78.4 Å². The molecule has 1 aromatic rings. The quantitative estimate of drug-likeness (QED) is 0.555. The van der Waals surface area contributed by atoms with Crippen LogP contribution in [-0.2, 0) is 4.79 Å². The highest BCUT2D eigenvalue weighted by atomic mass is 32.1. The van der Waals surface area contributed by atoms with Crippen molar-refractivity contribution < 1.29 is 14.8 Å². The molecule has 1 fully saturated rings. The molecule has 6 heteroatoms. The van der Waals surface area contributed by atoms with Crippen molar-refractivity contribution in [1.29, 1.82) is 0 Å². The van der Waals surface area contributed by atoms with Crippen LogP contribution in [0.4, 0.5) is 0 Å². The number of amides is 2. The highest BCUT2D eigenvalue weighted by Gasteiger charge is 2.22. The normalized spacial score (nSPS) is 16.5. The standard InChI is InChI=1S/C16H24N2O3S/c1-3-12(17-14(19)9-11-6-4-5-7-11)13-8-10(2)15(22-13)16(20)18-21/h8,11-12,21H,3-7,9H2,1-2H3,(H,17,19)(H,18,20). The number of hydroxylamine groups is 1. The first-order chi connectivity index (χ1) is 10.5. The van der Waals surface area contributed by atoms with Crippen molar-refractivity contribution in [2.75, 3.05) is 0 Å². The second kappa shape index (κ2) is 7.74. The lowest BCUT2D eigenvalue weighted by atomic mass is 10.0. The number of thiophene rings is 1. The summed E-state index contributed by atoms with van der Waals surface area (Å²) in [7, 11) is 0. The maximum absolute atomic E-state index is 12.2. The zero-order chi connectivity index (χ0) is 16.1. The Labute approximate surface area is 135 Å². The Balaban J connectivity index is 2.01. The summed E-state index contributed by atoms with van der Waals surface area (Å²) in [5, 5.41) is 11.8. The zero-order valence-corrected chi connectivity index (χ0v) is 14.0. The average molecular weight is 324 g/mol. The van der Waals surface area contributed by atoms with Crippen molar-refractivity contribution >= 4 is 23.2 Å². The van der Waals surface area contributed by atoms with Gasteiger partial charge in [0.2, 0.25) is 5.91 Å². The van der Waals surface area contributed by atoms with Gasteiger partial charge in [-0.25, -0.2) is 5.48 Å². The lowest BCUT2D eigenvalue weighted by Crippen LogP contribution is -2.28. The second-order valence-corrected chi connectivity index (χ2v) is 7.07. The lowest BCUT2D eigenvalue weighted by molar-refractivity contribution is -0.122. The maximum Gasteiger partial charge on any atom is 0.284 e. The van der Waals surface area contributed by atoms with Crippen molar-refractivity contribution in [3.63, 3.8) is 0 Å². The number of nitrogens with one attached hydrogen (secondary N) is 2. The van der Waals surface area contributed by atoms with E-state index in [0.717, 1.165) is 29.7 Å². The van der Waals surface area contributed by atoms with Crippen molar-refractivity contribution in [1.82, 2.24) is 10.8 Å². The fraction of sp³-hybridized carbons (Fsp3) is 0.625. The van der Waals surface area contributed by atoms with Crippen LogP contribution in [0.25, 0.3) is 0 Å². The summed E-state index contributed by atoms with van der Waals surface area (Å²) in [5.41, 5.74) is 2.48. The number of carbonyl (C=O) groups excluding carboxylic acids is 2. The number of rotatable bonds is 6. The zero-order valence-electron chi connectivity index (χ0n) is 13.1. The van der Waals surface area contributed by atoms with Gasteiger partial charge in [0.05, 0.1) is 10.9 Å². The van der Waals surface area contributed by atoms with Gasteiger partial charge in [-0.1, -0.05) is 19.8 Å². The van der Waals surface area contributed by atoms with E-state index in [9.17, 15) is 9.59 Å². The predicted octanol–water partition coefficient (Wildman–Crippen LogP) is 3.32. The molecule has 1 unspecified atom stereocenters. The van der Waals surface area contributed by atoms with E-state index in [0.29, 0.717) is 17.2 Å². The Morgan fingerprint density at radius 1 is 1.41 bits per heavy atom. The van der Waals surface area contributed by atoms with Crippen LogP contribution >= 0.6 is 11.3 Å². The Morgan fingerprint density at radius 2 is 2.09 bits per heavy atom. The van der Waals surface area contributed by atoms with Crippen LogP contribution in [0.1, 0.15) is 71.6 Å². The van der Waals surface area contributed by atoms with Gasteiger partial charge in [-0.05, 0) is 43.7 Å². The number of hydrogen-bond acceptors (Lipinski definition) is 4. The van der Waals surface area contributed by atoms with Crippen molar-refractivity contribution in [2.45, 2.75) is 58.4 Å². The van der Waals surface area contributed by atoms with Crippen LogP contribution in [0.15, 0.2) is 6.07 Å². The smallest absolute Gasteiger partial charge is 0.284 e. The molecule has 1 aliphatic carbocycles. The maximum atomic E-state index is 12.2. The van der Waals surface area contributed by atoms with E-state index in [1.165, 1.54) is 24.2 Å². The highest BCUT2D eigenvalue weighted by Crippen LogP contribution is 2.30. The molecule has 1 saturated carbocycles. The third-order valence-electron chi connectivity index (χ3n) is 4.28. The van der Waals surface area contributed by atoms with Crippen LogP contribution in [0, 0.1) is 12.8 Å². The summed E-state index contributed by atoms with van der Waals surface area (Å²) in [6.07, 6.45) is 6.16. The van der Waals surface area contributed by atoms with Gasteiger partial charge in [0.1, 0.15) is 0 Å². The SMILES string of the molecule is CCC(NC(=O)CC1CCCC1)c1cc(C)c(C(=O)NO)s1. The Morgan fingerprint density at radius 3 is 2.68 bits per heavy atom. The number of aryl methyl sites for hydroxylation is 1. The van der Waals surface area contributed by atoms with Gasteiger partial charge in [-0.15, -0.1) is 11.3 Å². The van der Waals surface area contributed by atoms with Gasteiger partial charge in [0.25, 0.3) is 5.91 Å². The Kier molecular flexibility index (Phi) is 5.97. The molecular formula is C16H24N2O3S. The fourth-order valence-electron chi connectivity index (χ4n) is 3.06. The molecule has 1 atom stereocenters. The largest absolute Gasteiger partial charge is 0.348 e. The van der Waals surface area contributed by atoms with Gasteiger partial charge in [0.15, 0.2) is 0 Å². The molecule has 0 aromatic carbocycles. The van der Waals surface area contributed by atoms with E-state index in [4.69, 9.17) is 5.21 Å². The summed E-state index contributed by atoms with van der Waals surface area (Å²) in [6.45, 7) is 3.85. The van der Waals surface area contributed by atoms with E-state index < -0.39 is 5.91 Å². The summed E-state index contributed by atoms with van der Waals surface area (Å²) in [5.74, 6) is 0.122. The number of carbonyl (C=O) groups is 2. The highest BCUT2D eigenvalue weighted by molar-refractivity contribution is 7.14. The fourth-order valence-corrected chi connectivity index (χ4v) is 4.26. The minimum atomic E-state index is -0.499. The molecule has 2 rings (SSSR count). The first kappa shape index (κ1) is 17.0. The van der Waals surface area contributed by atoms with Crippen molar-refractivity contribution in [3.05, 3.63) is 21.4 Å². The molecular weight excluding hydrogens is 300 g/mol. The molecule has 22 heavy (non-hydrogen) atoms. The van der Waals surface area contributed by atoms with E-state index in [2.05, 4.69) is 5.32 Å². The van der Waals surface area contributed by atoms with Crippen molar-refractivity contribution in [3.8, 4) is 0 Å². The minimum absolute atomic E-state index is 0.0714. The molecule has 1 aromatic heterocycles. The van der Waals surface area contributed by atoms with E-state index in [1.807, 2.05) is 19.9 Å². The van der Waals surface area contributed by atoms with Crippen LogP contribution in [0.5, 0.6) is 0 Å². The van der Waals surface area contributed by atoms with Crippen LogP contribution in [0.3, 0.4) is 0 Å². The third kappa shape index (κ3) is 4.08. The predicted molar refractivity (Wildman–Crippen MR) is 86.1 cm³/mol. The molecule has 0 bridgehead atoms. The van der Waals surface area contributed by atoms with Crippen LogP contribution in [0.2, 0.25) is 0 Å². The van der Waals surface area contributed by atoms with Gasteiger partial charge < -0.3 is 5.32 Å². The molecule has 0 spiro atoms. The first-order valence-corrected chi connectivity index (χ1v) is 8.70. The Hall–Kier alpha value is -1.40. The van der Waals surface area contributed by atoms with Crippen molar-refractivity contribution in [2.24, 2.45) is 5.92 Å². The van der Waals surface area contributed by atoms with E-state index in [1.54, 1.807) is 5.48 Å². The van der Waals surface area contributed by atoms with Crippen LogP contribution < -0.4 is 10.8 Å². The van der Waals surface area contributed by atoms with Gasteiger partial charge in [0, 0.05) is 11.3 Å². The molecule has 3 N–H and O–H groups in total. The summed E-state index contributed by atoms with van der Waals surface area (Å²) < 4.78 is 0. The molecule has 1 aliphatic rings. The van der Waals surface area contributed by atoms with Gasteiger partial charge in [-0.2, -0.15) is 0 Å². The molecule has 5 nitrogen and oxygen atoms in total. The molecule has 122 valence electrons.